The second-order valence-electron chi connectivity index (χ2n) is 2.54. The van der Waals surface area contributed by atoms with Crippen molar-refractivity contribution >= 4 is 5.97 Å². The molecule has 0 aliphatic carbocycles. The van der Waals surface area contributed by atoms with Crippen LogP contribution in [0.25, 0.3) is 0 Å². The number of hydrogen-bond donors (Lipinski definition) is 1. The number of hydrogen-bond acceptors (Lipinski definition) is 3. The van der Waals surface area contributed by atoms with Gasteiger partial charge in [-0.3, -0.25) is 4.68 Å². The predicted octanol–water partition coefficient (Wildman–Crippen LogP) is 0.929. The maximum Gasteiger partial charge on any atom is 0.390 e. The first-order valence-electron chi connectivity index (χ1n) is 3.58. The summed E-state index contributed by atoms with van der Waals surface area (Å²) in [5.41, 5.74) is -0.368. The third-order valence-electron chi connectivity index (χ3n) is 1.38. The molecule has 1 aromatic heterocycles. The summed E-state index contributed by atoms with van der Waals surface area (Å²) in [5, 5.41) is 14.8. The average Bonchev–Trinajstić information content (AvgIpc) is 2.47. The van der Waals surface area contributed by atoms with Gasteiger partial charge in [0.05, 0.1) is 19.2 Å². The lowest BCUT2D eigenvalue weighted by Crippen LogP contribution is -2.12. The molecule has 0 aromatic carbocycles. The summed E-state index contributed by atoms with van der Waals surface area (Å²) >= 11 is 0. The first-order valence-corrected chi connectivity index (χ1v) is 3.58. The van der Waals surface area contributed by atoms with E-state index in [1.165, 1.54) is 0 Å². The maximum atomic E-state index is 11.7. The van der Waals surface area contributed by atoms with Crippen LogP contribution in [0, 0.1) is 0 Å². The van der Waals surface area contributed by atoms with E-state index in [0.29, 0.717) is 0 Å². The molecular weight excluding hydrogens is 203 g/mol. The van der Waals surface area contributed by atoms with Crippen molar-refractivity contribution < 1.29 is 23.1 Å². The fourth-order valence-electron chi connectivity index (χ4n) is 0.747. The number of aryl methyl sites for hydroxylation is 1. The number of carboxylic acid groups (broad SMARTS) is 1. The lowest BCUT2D eigenvalue weighted by atomic mass is 10.4. The van der Waals surface area contributed by atoms with Gasteiger partial charge in [0.25, 0.3) is 0 Å². The van der Waals surface area contributed by atoms with E-state index in [2.05, 4.69) is 10.3 Å². The highest BCUT2D eigenvalue weighted by Gasteiger charge is 2.27. The van der Waals surface area contributed by atoms with Gasteiger partial charge in [0.15, 0.2) is 5.69 Å². The fourth-order valence-corrected chi connectivity index (χ4v) is 0.747. The van der Waals surface area contributed by atoms with E-state index in [0.717, 1.165) is 10.9 Å². The highest BCUT2D eigenvalue weighted by Crippen LogP contribution is 2.19. The molecule has 0 saturated heterocycles. The molecule has 1 aromatic rings. The third kappa shape index (κ3) is 3.04. The van der Waals surface area contributed by atoms with Crippen molar-refractivity contribution in [1.29, 1.82) is 0 Å². The minimum absolute atomic E-state index is 0.368. The number of halogens is 3. The molecule has 0 amide bonds. The Kier molecular flexibility index (Phi) is 2.73. The number of rotatable bonds is 3. The summed E-state index contributed by atoms with van der Waals surface area (Å²) < 4.78 is 36.0. The van der Waals surface area contributed by atoms with Crippen molar-refractivity contribution in [2.45, 2.75) is 19.1 Å². The topological polar surface area (TPSA) is 68.0 Å². The SMILES string of the molecule is O=C(O)c1cn(CCC(F)(F)F)nn1. The Morgan fingerprint density at radius 2 is 2.21 bits per heavy atom. The van der Waals surface area contributed by atoms with Crippen LogP contribution < -0.4 is 0 Å². The van der Waals surface area contributed by atoms with E-state index in [1.807, 2.05) is 0 Å². The molecule has 1 rings (SSSR count). The molecule has 0 aliphatic heterocycles. The van der Waals surface area contributed by atoms with Gasteiger partial charge in [-0.2, -0.15) is 13.2 Å². The zero-order valence-corrected chi connectivity index (χ0v) is 6.82. The molecule has 0 unspecified atom stereocenters. The Morgan fingerprint density at radius 3 is 2.64 bits per heavy atom. The van der Waals surface area contributed by atoms with E-state index >= 15 is 0 Å². The van der Waals surface area contributed by atoms with E-state index in [-0.39, 0.29) is 5.69 Å². The van der Waals surface area contributed by atoms with Gasteiger partial charge in [-0.15, -0.1) is 5.10 Å². The molecule has 8 heteroatoms. The Morgan fingerprint density at radius 1 is 1.57 bits per heavy atom. The van der Waals surface area contributed by atoms with Crippen LogP contribution in [0.4, 0.5) is 13.2 Å². The summed E-state index contributed by atoms with van der Waals surface area (Å²) in [6, 6.07) is 0. The molecule has 0 spiro atoms. The average molecular weight is 209 g/mol. The van der Waals surface area contributed by atoms with Crippen molar-refractivity contribution in [3.63, 3.8) is 0 Å². The minimum atomic E-state index is -4.28. The Hall–Kier alpha value is -1.60. The van der Waals surface area contributed by atoms with Gasteiger partial charge >= 0.3 is 12.1 Å². The van der Waals surface area contributed by atoms with Crippen LogP contribution in [0.3, 0.4) is 0 Å². The monoisotopic (exact) mass is 209 g/mol. The standard InChI is InChI=1S/C6H6F3N3O2/c7-6(8,9)1-2-12-3-4(5(13)14)10-11-12/h3H,1-2H2,(H,13,14). The molecule has 0 saturated carbocycles. The van der Waals surface area contributed by atoms with Gasteiger partial charge in [0.1, 0.15) is 0 Å². The third-order valence-corrected chi connectivity index (χ3v) is 1.38. The first kappa shape index (κ1) is 10.5. The van der Waals surface area contributed by atoms with E-state index < -0.39 is 25.1 Å². The largest absolute Gasteiger partial charge is 0.476 e. The van der Waals surface area contributed by atoms with Crippen molar-refractivity contribution in [1.82, 2.24) is 15.0 Å². The molecule has 5 nitrogen and oxygen atoms in total. The molecule has 0 atom stereocenters. The summed E-state index contributed by atoms with van der Waals surface area (Å²) in [6.45, 7) is -0.427. The molecule has 1 heterocycles. The number of carbonyl (C=O) groups is 1. The number of nitrogens with zero attached hydrogens (tertiary/aromatic N) is 3. The number of aromatic nitrogens is 3. The van der Waals surface area contributed by atoms with Crippen LogP contribution >= 0.6 is 0 Å². The lowest BCUT2D eigenvalue weighted by Gasteiger charge is -2.04. The molecule has 0 fully saturated rings. The Labute approximate surface area is 76.1 Å². The molecule has 14 heavy (non-hydrogen) atoms. The molecule has 1 N–H and O–H groups in total. The highest BCUT2D eigenvalue weighted by molar-refractivity contribution is 5.84. The van der Waals surface area contributed by atoms with Crippen LogP contribution in [0.5, 0.6) is 0 Å². The number of aromatic carboxylic acids is 1. The quantitative estimate of drug-likeness (QED) is 0.803. The van der Waals surface area contributed by atoms with Crippen LogP contribution in [0.2, 0.25) is 0 Å². The number of carboxylic acids is 1. The van der Waals surface area contributed by atoms with Crippen LogP contribution in [-0.2, 0) is 6.54 Å². The van der Waals surface area contributed by atoms with Crippen molar-refractivity contribution in [2.75, 3.05) is 0 Å². The fraction of sp³-hybridized carbons (Fsp3) is 0.500. The van der Waals surface area contributed by atoms with E-state index in [9.17, 15) is 18.0 Å². The maximum absolute atomic E-state index is 11.7. The summed E-state index contributed by atoms with van der Waals surface area (Å²) in [5.74, 6) is -1.32. The van der Waals surface area contributed by atoms with Crippen molar-refractivity contribution in [3.05, 3.63) is 11.9 Å². The van der Waals surface area contributed by atoms with Crippen LogP contribution in [0.1, 0.15) is 16.9 Å². The number of alkyl halides is 3. The second-order valence-corrected chi connectivity index (χ2v) is 2.54. The van der Waals surface area contributed by atoms with E-state index in [1.54, 1.807) is 0 Å². The molecule has 0 aliphatic rings. The van der Waals surface area contributed by atoms with Crippen LogP contribution in [-0.4, -0.2) is 32.2 Å². The van der Waals surface area contributed by atoms with Gasteiger partial charge in [0.2, 0.25) is 0 Å². The zero-order chi connectivity index (χ0) is 10.8. The van der Waals surface area contributed by atoms with E-state index in [4.69, 9.17) is 5.11 Å². The molecule has 0 bridgehead atoms. The Balaban J connectivity index is 2.56. The predicted molar refractivity (Wildman–Crippen MR) is 37.7 cm³/mol. The molecular formula is C6H6F3N3O2. The normalized spacial score (nSPS) is 11.6. The molecule has 0 radical (unpaired) electrons. The zero-order valence-electron chi connectivity index (χ0n) is 6.82. The molecule has 78 valence electrons. The van der Waals surface area contributed by atoms with Gasteiger partial charge in [-0.1, -0.05) is 5.21 Å². The summed E-state index contributed by atoms with van der Waals surface area (Å²) in [6.07, 6.45) is -4.39. The van der Waals surface area contributed by atoms with Gasteiger partial charge in [-0.25, -0.2) is 4.79 Å². The highest BCUT2D eigenvalue weighted by atomic mass is 19.4. The first-order chi connectivity index (χ1) is 6.38. The van der Waals surface area contributed by atoms with Gasteiger partial charge in [0, 0.05) is 0 Å². The lowest BCUT2D eigenvalue weighted by molar-refractivity contribution is -0.137. The minimum Gasteiger partial charge on any atom is -0.476 e. The van der Waals surface area contributed by atoms with Gasteiger partial charge < -0.3 is 5.11 Å². The smallest absolute Gasteiger partial charge is 0.390 e. The van der Waals surface area contributed by atoms with Crippen molar-refractivity contribution in [2.24, 2.45) is 0 Å². The summed E-state index contributed by atoms with van der Waals surface area (Å²) in [4.78, 5) is 10.3. The van der Waals surface area contributed by atoms with Crippen molar-refractivity contribution in [3.8, 4) is 0 Å². The second kappa shape index (κ2) is 3.64. The van der Waals surface area contributed by atoms with Crippen LogP contribution in [0.15, 0.2) is 6.20 Å². The Bertz CT molecular complexity index is 333. The van der Waals surface area contributed by atoms with Gasteiger partial charge in [-0.05, 0) is 0 Å². The summed E-state index contributed by atoms with van der Waals surface area (Å²) in [7, 11) is 0.